The Morgan fingerprint density at radius 1 is 0.897 bits per heavy atom. The topological polar surface area (TPSA) is 79.3 Å². The molecular weight excluding hydrogens is 499 g/mol. The van der Waals surface area contributed by atoms with E-state index in [1.807, 2.05) is 92.3 Å². The third kappa shape index (κ3) is 7.97. The van der Waals surface area contributed by atoms with Gasteiger partial charge in [-0.05, 0) is 76.9 Å². The molecule has 5 nitrogen and oxygen atoms in total. The Kier molecular flexibility index (Phi) is 11.2. The maximum absolute atomic E-state index is 13.3. The van der Waals surface area contributed by atoms with E-state index in [4.69, 9.17) is 0 Å². The molecule has 1 atom stereocenters. The summed E-state index contributed by atoms with van der Waals surface area (Å²) in [6.07, 6.45) is 9.93. The van der Waals surface area contributed by atoms with Crippen LogP contribution in [0.25, 0.3) is 34.4 Å². The van der Waals surface area contributed by atoms with E-state index < -0.39 is 17.9 Å². The molecule has 0 aliphatic heterocycles. The number of carboxylic acid groups (broad SMARTS) is 1. The van der Waals surface area contributed by atoms with Gasteiger partial charge in [-0.1, -0.05) is 72.8 Å². The van der Waals surface area contributed by atoms with Crippen LogP contribution >= 0.6 is 11.8 Å². The van der Waals surface area contributed by atoms with Gasteiger partial charge in [0.15, 0.2) is 0 Å². The number of hydrogen-bond acceptors (Lipinski definition) is 4. The number of hydrogen-bond donors (Lipinski definition) is 2. The predicted octanol–water partition coefficient (Wildman–Crippen LogP) is 6.18. The average molecular weight is 531 g/mol. The van der Waals surface area contributed by atoms with Gasteiger partial charge in [0.1, 0.15) is 6.04 Å². The summed E-state index contributed by atoms with van der Waals surface area (Å²) in [7, 11) is 0. The van der Waals surface area contributed by atoms with Crippen molar-refractivity contribution < 1.29 is 14.7 Å². The molecule has 194 valence electrons. The first-order valence-corrected chi connectivity index (χ1v) is 13.8. The van der Waals surface area contributed by atoms with Gasteiger partial charge in [0.2, 0.25) is 0 Å². The fraction of sp³-hybridized carbons (Fsp3) is 0.156. The Hall–Kier alpha value is -3.56. The van der Waals surface area contributed by atoms with Crippen LogP contribution in [0.2, 0.25) is 0 Å². The number of amides is 1. The van der Waals surface area contributed by atoms with Gasteiger partial charge >= 0.3 is 24.8 Å². The monoisotopic (exact) mass is 530 g/mol. The molecule has 0 saturated carbocycles. The van der Waals surface area contributed by atoms with E-state index in [2.05, 4.69) is 28.5 Å². The summed E-state index contributed by atoms with van der Waals surface area (Å²) in [6.45, 7) is 2.00. The molecule has 39 heavy (non-hydrogen) atoms. The van der Waals surface area contributed by atoms with Crippen LogP contribution in [0.15, 0.2) is 91.3 Å². The van der Waals surface area contributed by atoms with Gasteiger partial charge in [0, 0.05) is 23.5 Å². The van der Waals surface area contributed by atoms with E-state index in [9.17, 15) is 14.7 Å². The number of aromatic nitrogens is 1. The molecule has 0 aliphatic carbocycles. The van der Waals surface area contributed by atoms with Crippen molar-refractivity contribution in [3.8, 4) is 22.3 Å². The van der Waals surface area contributed by atoms with Crippen molar-refractivity contribution in [1.82, 2.24) is 10.3 Å². The van der Waals surface area contributed by atoms with E-state index in [1.54, 1.807) is 17.8 Å². The summed E-state index contributed by atoms with van der Waals surface area (Å²) in [5.41, 5.74) is 7.18. The van der Waals surface area contributed by atoms with E-state index in [0.717, 1.165) is 38.9 Å². The van der Waals surface area contributed by atoms with Crippen LogP contribution in [0.3, 0.4) is 0 Å². The first kappa shape index (κ1) is 30.0. The van der Waals surface area contributed by atoms with Crippen LogP contribution in [-0.4, -0.2) is 58.9 Å². The molecule has 4 aromatic rings. The number of carbonyl (C=O) groups excluding carboxylic acids is 1. The van der Waals surface area contributed by atoms with E-state index in [0.29, 0.717) is 17.7 Å². The van der Waals surface area contributed by atoms with Crippen molar-refractivity contribution in [1.29, 1.82) is 0 Å². The minimum atomic E-state index is -1.03. The van der Waals surface area contributed by atoms with Crippen molar-refractivity contribution in [2.24, 2.45) is 0 Å². The molecule has 0 fully saturated rings. The summed E-state index contributed by atoms with van der Waals surface area (Å²) in [5, 5.41) is 12.3. The van der Waals surface area contributed by atoms with E-state index in [1.165, 1.54) is 0 Å². The number of aliphatic carboxylic acids is 1. The molecule has 1 unspecified atom stereocenters. The third-order valence-corrected chi connectivity index (χ3v) is 6.92. The standard InChI is InChI=1S/C32H30N2O3S.Li.H/c1-22-8-6-7-11-27(22)29-19-23(14-15-28(29)31(35)34-30(32(36)37)16-17-38-2)12-13-24-18-26(21-33-20-24)25-9-4-3-5-10-25;;/h3-15,18-21,30H,16-17H2,1-2H3,(H,34,35)(H,36,37);;. The Labute approximate surface area is 246 Å². The van der Waals surface area contributed by atoms with Crippen molar-refractivity contribution in [3.63, 3.8) is 0 Å². The molecule has 0 spiro atoms. The zero-order valence-corrected chi connectivity index (χ0v) is 22.2. The summed E-state index contributed by atoms with van der Waals surface area (Å²) in [5.74, 6) is -0.783. The van der Waals surface area contributed by atoms with Crippen LogP contribution in [0, 0.1) is 6.92 Å². The number of benzene rings is 3. The molecule has 0 saturated heterocycles. The molecule has 2 N–H and O–H groups in total. The van der Waals surface area contributed by atoms with Crippen LogP contribution in [0.4, 0.5) is 0 Å². The molecule has 0 radical (unpaired) electrons. The van der Waals surface area contributed by atoms with E-state index in [-0.39, 0.29) is 18.9 Å². The first-order chi connectivity index (χ1) is 18.5. The second-order valence-electron chi connectivity index (χ2n) is 8.97. The summed E-state index contributed by atoms with van der Waals surface area (Å²) >= 11 is 1.55. The van der Waals surface area contributed by atoms with Crippen molar-refractivity contribution >= 4 is 54.7 Å². The van der Waals surface area contributed by atoms with Crippen molar-refractivity contribution in [2.75, 3.05) is 12.0 Å². The van der Waals surface area contributed by atoms with Gasteiger partial charge in [-0.15, -0.1) is 0 Å². The molecular formula is C32H31LiN2O3S. The Bertz CT molecular complexity index is 1460. The number of carbonyl (C=O) groups is 2. The zero-order chi connectivity index (χ0) is 26.9. The van der Waals surface area contributed by atoms with Gasteiger partial charge < -0.3 is 10.4 Å². The zero-order valence-electron chi connectivity index (χ0n) is 21.4. The second kappa shape index (κ2) is 14.6. The fourth-order valence-electron chi connectivity index (χ4n) is 4.22. The quantitative estimate of drug-likeness (QED) is 0.239. The summed E-state index contributed by atoms with van der Waals surface area (Å²) in [4.78, 5) is 29.4. The molecule has 1 amide bonds. The van der Waals surface area contributed by atoms with Gasteiger partial charge in [0.05, 0.1) is 0 Å². The van der Waals surface area contributed by atoms with Gasteiger partial charge in [-0.3, -0.25) is 9.78 Å². The molecule has 0 aliphatic rings. The number of nitrogens with one attached hydrogen (secondary N) is 1. The number of thioether (sulfide) groups is 1. The van der Waals surface area contributed by atoms with E-state index >= 15 is 0 Å². The van der Waals surface area contributed by atoms with Gasteiger partial charge in [0.25, 0.3) is 5.91 Å². The molecule has 4 rings (SSSR count). The van der Waals surface area contributed by atoms with Crippen LogP contribution < -0.4 is 5.32 Å². The van der Waals surface area contributed by atoms with Gasteiger partial charge in [-0.2, -0.15) is 11.8 Å². The molecule has 7 heteroatoms. The number of pyridine rings is 1. The number of rotatable bonds is 10. The average Bonchev–Trinajstić information content (AvgIpc) is 2.94. The third-order valence-electron chi connectivity index (χ3n) is 6.27. The molecule has 1 aromatic heterocycles. The van der Waals surface area contributed by atoms with Crippen LogP contribution in [0.1, 0.15) is 33.5 Å². The molecule has 1 heterocycles. The maximum atomic E-state index is 13.3. The van der Waals surface area contributed by atoms with Crippen molar-refractivity contribution in [3.05, 3.63) is 114 Å². The number of carboxylic acids is 1. The first-order valence-electron chi connectivity index (χ1n) is 12.4. The SMILES string of the molecule is CSCCC(NC(=O)c1ccc(C=Cc2cncc(-c3ccccc3)c2)cc1-c1ccccc1C)C(=O)O.[LiH]. The Balaban J connectivity index is 0.00000420. The Morgan fingerprint density at radius 2 is 1.62 bits per heavy atom. The minimum absolute atomic E-state index is 0. The summed E-state index contributed by atoms with van der Waals surface area (Å²) < 4.78 is 0. The van der Waals surface area contributed by atoms with Crippen LogP contribution in [-0.2, 0) is 4.79 Å². The van der Waals surface area contributed by atoms with Gasteiger partial charge in [-0.25, -0.2) is 4.79 Å². The molecule has 3 aromatic carbocycles. The Morgan fingerprint density at radius 3 is 2.33 bits per heavy atom. The molecule has 0 bridgehead atoms. The summed E-state index contributed by atoms with van der Waals surface area (Å²) in [6, 6.07) is 24.7. The number of nitrogens with zero attached hydrogens (tertiary/aromatic N) is 1. The normalized spacial score (nSPS) is 11.5. The second-order valence-corrected chi connectivity index (χ2v) is 9.96. The van der Waals surface area contributed by atoms with Crippen molar-refractivity contribution in [2.45, 2.75) is 19.4 Å². The fourth-order valence-corrected chi connectivity index (χ4v) is 4.69. The predicted molar refractivity (Wildman–Crippen MR) is 164 cm³/mol. The number of aryl methyl sites for hydroxylation is 1. The van der Waals surface area contributed by atoms with Crippen LogP contribution in [0.5, 0.6) is 0 Å².